The Morgan fingerprint density at radius 3 is 2.48 bits per heavy atom. The van der Waals surface area contributed by atoms with Crippen LogP contribution in [0, 0.1) is 20.8 Å². The lowest BCUT2D eigenvalue weighted by Gasteiger charge is -2.33. The predicted molar refractivity (Wildman–Crippen MR) is 105 cm³/mol. The maximum Gasteiger partial charge on any atom is 0.141 e. The molecular weight excluding hydrogens is 328 g/mol. The van der Waals surface area contributed by atoms with Crippen LogP contribution in [-0.4, -0.2) is 36.1 Å². The van der Waals surface area contributed by atoms with Crippen LogP contribution in [0.25, 0.3) is 10.2 Å². The average molecular weight is 354 g/mol. The maximum absolute atomic E-state index is 4.82. The van der Waals surface area contributed by atoms with Gasteiger partial charge in [-0.1, -0.05) is 30.3 Å². The quantitative estimate of drug-likeness (QED) is 0.786. The van der Waals surface area contributed by atoms with E-state index in [0.29, 0.717) is 0 Å². The number of rotatable bonds is 3. The molecule has 0 amide bonds. The molecule has 130 valence electrons. The van der Waals surface area contributed by atoms with Crippen molar-refractivity contribution in [3.05, 3.63) is 52.2 Å². The van der Waals surface area contributed by atoms with Gasteiger partial charge in [0, 0.05) is 10.4 Å². The Bertz CT molecular complexity index is 880. The molecule has 1 fully saturated rings. The van der Waals surface area contributed by atoms with Gasteiger partial charge in [0.1, 0.15) is 23.0 Å². The third-order valence-corrected chi connectivity index (χ3v) is 6.29. The minimum atomic E-state index is 0.878. The van der Waals surface area contributed by atoms with Gasteiger partial charge in [0.25, 0.3) is 0 Å². The highest BCUT2D eigenvalue weighted by atomic mass is 32.1. The van der Waals surface area contributed by atoms with E-state index in [9.17, 15) is 0 Å². The molecule has 0 bridgehead atoms. The van der Waals surface area contributed by atoms with Crippen molar-refractivity contribution in [3.63, 3.8) is 0 Å². The summed E-state index contributed by atoms with van der Waals surface area (Å²) in [5.74, 6) is 2.02. The number of aromatic nitrogens is 2. The molecule has 0 atom stereocenters. The topological polar surface area (TPSA) is 33.5 Å². The van der Waals surface area contributed by atoms with E-state index in [-0.39, 0.29) is 0 Å². The Morgan fingerprint density at radius 2 is 1.76 bits per heavy atom. The second-order valence-electron chi connectivity index (χ2n) is 6.96. The van der Waals surface area contributed by atoms with Crippen molar-refractivity contribution in [3.8, 4) is 0 Å². The number of fused-ring (bicyclic) bond motifs is 1. The van der Waals surface area contributed by atoms with Gasteiger partial charge in [-0.05, 0) is 26.3 Å². The third-order valence-electron chi connectivity index (χ3n) is 5.19. The van der Waals surface area contributed by atoms with E-state index in [2.05, 4.69) is 54.1 Å². The minimum absolute atomic E-state index is 0.878. The molecule has 0 radical (unpaired) electrons. The molecule has 4 rings (SSSR count). The van der Waals surface area contributed by atoms with Crippen molar-refractivity contribution in [1.82, 2.24) is 9.97 Å². The molecule has 3 heterocycles. The summed E-state index contributed by atoms with van der Waals surface area (Å²) in [6, 6.07) is 10.8. The fourth-order valence-corrected chi connectivity index (χ4v) is 4.73. The van der Waals surface area contributed by atoms with Crippen LogP contribution in [0.1, 0.15) is 21.8 Å². The van der Waals surface area contributed by atoms with Crippen LogP contribution in [-0.2, 0) is 6.54 Å². The van der Waals surface area contributed by atoms with Crippen molar-refractivity contribution in [1.29, 1.82) is 0 Å². The second-order valence-corrected chi connectivity index (χ2v) is 8.16. The molecule has 1 aromatic carbocycles. The van der Waals surface area contributed by atoms with Crippen molar-refractivity contribution in [2.75, 3.05) is 31.1 Å². The lowest BCUT2D eigenvalue weighted by molar-refractivity contribution is -0.914. The van der Waals surface area contributed by atoms with Gasteiger partial charge in [0.15, 0.2) is 0 Å². The molecule has 1 N–H and O–H groups in total. The first-order valence-corrected chi connectivity index (χ1v) is 9.80. The van der Waals surface area contributed by atoms with Gasteiger partial charge in [-0.2, -0.15) is 0 Å². The van der Waals surface area contributed by atoms with E-state index in [1.165, 1.54) is 21.4 Å². The number of thiophene rings is 1. The second kappa shape index (κ2) is 6.73. The van der Waals surface area contributed by atoms with Crippen molar-refractivity contribution in [2.45, 2.75) is 27.3 Å². The zero-order valence-electron chi connectivity index (χ0n) is 15.2. The summed E-state index contributed by atoms with van der Waals surface area (Å²) in [6.07, 6.45) is 0. The van der Waals surface area contributed by atoms with E-state index in [0.717, 1.165) is 49.2 Å². The fourth-order valence-electron chi connectivity index (χ4n) is 3.66. The average Bonchev–Trinajstić information content (AvgIpc) is 2.90. The lowest BCUT2D eigenvalue weighted by atomic mass is 10.1. The predicted octanol–water partition coefficient (Wildman–Crippen LogP) is 2.52. The van der Waals surface area contributed by atoms with Crippen molar-refractivity contribution in [2.24, 2.45) is 0 Å². The van der Waals surface area contributed by atoms with E-state index in [4.69, 9.17) is 4.98 Å². The normalized spacial score (nSPS) is 15.9. The summed E-state index contributed by atoms with van der Waals surface area (Å²) in [4.78, 5) is 16.1. The van der Waals surface area contributed by atoms with E-state index >= 15 is 0 Å². The van der Waals surface area contributed by atoms with Crippen molar-refractivity contribution >= 4 is 27.4 Å². The lowest BCUT2D eigenvalue weighted by Crippen LogP contribution is -3.13. The Labute approximate surface area is 153 Å². The largest absolute Gasteiger partial charge is 0.345 e. The van der Waals surface area contributed by atoms with E-state index in [1.807, 2.05) is 6.92 Å². The summed E-state index contributed by atoms with van der Waals surface area (Å²) in [5, 5.41) is 1.26. The molecular formula is C20H25N4S+. The summed E-state index contributed by atoms with van der Waals surface area (Å²) in [5.41, 5.74) is 2.77. The molecule has 1 aliphatic rings. The van der Waals surface area contributed by atoms with Crippen LogP contribution in [0.3, 0.4) is 0 Å². The first-order chi connectivity index (χ1) is 12.1. The number of anilines is 1. The van der Waals surface area contributed by atoms with Gasteiger partial charge in [0.05, 0.1) is 31.6 Å². The molecule has 5 heteroatoms. The zero-order chi connectivity index (χ0) is 17.4. The van der Waals surface area contributed by atoms with Gasteiger partial charge in [-0.25, -0.2) is 9.97 Å². The number of piperazine rings is 1. The summed E-state index contributed by atoms with van der Waals surface area (Å²) < 4.78 is 0. The third kappa shape index (κ3) is 3.26. The first-order valence-electron chi connectivity index (χ1n) is 8.98. The fraction of sp³-hybridized carbons (Fsp3) is 0.400. The van der Waals surface area contributed by atoms with Gasteiger partial charge in [-0.15, -0.1) is 11.3 Å². The molecule has 0 saturated carbocycles. The molecule has 0 aliphatic carbocycles. The van der Waals surface area contributed by atoms with E-state index in [1.54, 1.807) is 16.2 Å². The first kappa shape index (κ1) is 16.5. The highest BCUT2D eigenvalue weighted by molar-refractivity contribution is 7.18. The smallest absolute Gasteiger partial charge is 0.141 e. The van der Waals surface area contributed by atoms with Crippen LogP contribution in [0.2, 0.25) is 0 Å². The number of nitrogens with one attached hydrogen (secondary N) is 1. The number of hydrogen-bond donors (Lipinski definition) is 1. The SMILES string of the molecule is Cc1nc(N2CC[NH+](Cc3ccccc3)CC2)c2c(C)c(C)sc2n1. The molecule has 1 aliphatic heterocycles. The summed E-state index contributed by atoms with van der Waals surface area (Å²) >= 11 is 1.79. The standard InChI is InChI=1S/C20H24N4S/c1-14-15(2)25-20-18(14)19(21-16(3)22-20)24-11-9-23(10-12-24)13-17-7-5-4-6-8-17/h4-8H,9-13H2,1-3H3/p+1. The number of aryl methyl sites for hydroxylation is 3. The van der Waals surface area contributed by atoms with Gasteiger partial charge < -0.3 is 9.80 Å². The van der Waals surface area contributed by atoms with Gasteiger partial charge in [-0.3, -0.25) is 0 Å². The van der Waals surface area contributed by atoms with Crippen LogP contribution >= 0.6 is 11.3 Å². The Hall–Kier alpha value is -1.98. The molecule has 25 heavy (non-hydrogen) atoms. The van der Waals surface area contributed by atoms with E-state index < -0.39 is 0 Å². The maximum atomic E-state index is 4.82. The molecule has 0 spiro atoms. The molecule has 3 aromatic rings. The highest BCUT2D eigenvalue weighted by Gasteiger charge is 2.24. The number of benzene rings is 1. The van der Waals surface area contributed by atoms with Gasteiger partial charge >= 0.3 is 0 Å². The Morgan fingerprint density at radius 1 is 1.04 bits per heavy atom. The van der Waals surface area contributed by atoms with Gasteiger partial charge in [0.2, 0.25) is 0 Å². The molecule has 1 saturated heterocycles. The van der Waals surface area contributed by atoms with Crippen LogP contribution in [0.15, 0.2) is 30.3 Å². The highest BCUT2D eigenvalue weighted by Crippen LogP contribution is 2.34. The monoisotopic (exact) mass is 353 g/mol. The van der Waals surface area contributed by atoms with Crippen LogP contribution in [0.5, 0.6) is 0 Å². The number of hydrogen-bond acceptors (Lipinski definition) is 4. The van der Waals surface area contributed by atoms with Crippen LogP contribution in [0.4, 0.5) is 5.82 Å². The summed E-state index contributed by atoms with van der Waals surface area (Å²) in [6.45, 7) is 11.9. The minimum Gasteiger partial charge on any atom is -0.345 e. The van der Waals surface area contributed by atoms with Crippen LogP contribution < -0.4 is 9.80 Å². The molecule has 0 unspecified atom stereocenters. The Kier molecular flexibility index (Phi) is 4.44. The summed E-state index contributed by atoms with van der Waals surface area (Å²) in [7, 11) is 0. The zero-order valence-corrected chi connectivity index (χ0v) is 16.0. The van der Waals surface area contributed by atoms with Crippen molar-refractivity contribution < 1.29 is 4.90 Å². The Balaban J connectivity index is 1.54. The number of quaternary nitrogens is 1. The number of nitrogens with zero attached hydrogens (tertiary/aromatic N) is 3. The molecule has 4 nitrogen and oxygen atoms in total. The molecule has 2 aromatic heterocycles.